The minimum absolute atomic E-state index is 0.0424. The first-order valence-corrected chi connectivity index (χ1v) is 11.9. The maximum atomic E-state index is 14.3. The Balaban J connectivity index is 1.83. The van der Waals surface area contributed by atoms with Crippen molar-refractivity contribution < 1.29 is 22.3 Å². The van der Waals surface area contributed by atoms with Gasteiger partial charge in [0, 0.05) is 17.1 Å². The van der Waals surface area contributed by atoms with Crippen molar-refractivity contribution in [3.8, 4) is 5.75 Å². The summed E-state index contributed by atoms with van der Waals surface area (Å²) in [7, 11) is -2.55. The molecule has 0 saturated heterocycles. The molecule has 0 aliphatic carbocycles. The molecule has 1 atom stereocenters. The van der Waals surface area contributed by atoms with Crippen LogP contribution in [0.5, 0.6) is 5.75 Å². The number of carbonyl (C=O) groups is 1. The van der Waals surface area contributed by atoms with Gasteiger partial charge in [0.2, 0.25) is 15.9 Å². The van der Waals surface area contributed by atoms with Gasteiger partial charge in [0.15, 0.2) is 0 Å². The van der Waals surface area contributed by atoms with Gasteiger partial charge < -0.3 is 10.1 Å². The van der Waals surface area contributed by atoms with Crippen molar-refractivity contribution in [2.45, 2.75) is 24.4 Å². The first-order valence-electron chi connectivity index (χ1n) is 10.1. The quantitative estimate of drug-likeness (QED) is 0.477. The number of hydrogen-bond donors (Lipinski definition) is 1. The number of ether oxygens (including phenoxy) is 1. The molecule has 1 N–H and O–H groups in total. The molecule has 0 aromatic heterocycles. The summed E-state index contributed by atoms with van der Waals surface area (Å²) in [6, 6.07) is 18.2. The van der Waals surface area contributed by atoms with Crippen LogP contribution < -0.4 is 10.1 Å². The highest BCUT2D eigenvalue weighted by Gasteiger charge is 2.28. The van der Waals surface area contributed by atoms with Crippen LogP contribution in [-0.2, 0) is 21.4 Å². The fourth-order valence-corrected chi connectivity index (χ4v) is 4.72. The number of nitrogens with zero attached hydrogens (tertiary/aromatic N) is 1. The van der Waals surface area contributed by atoms with Gasteiger partial charge in [-0.15, -0.1) is 0 Å². The molecule has 0 spiro atoms. The van der Waals surface area contributed by atoms with E-state index < -0.39 is 28.3 Å². The van der Waals surface area contributed by atoms with Crippen molar-refractivity contribution in [3.05, 3.63) is 94.8 Å². The minimum atomic E-state index is -4.11. The number of methoxy groups -OCH3 is 1. The van der Waals surface area contributed by atoms with Crippen LogP contribution in [0.25, 0.3) is 0 Å². The fourth-order valence-electron chi connectivity index (χ4n) is 3.22. The summed E-state index contributed by atoms with van der Waals surface area (Å²) in [5.74, 6) is -0.393. The number of rotatable bonds is 9. The number of nitrogens with one attached hydrogen (secondary N) is 1. The second-order valence-electron chi connectivity index (χ2n) is 7.38. The third-order valence-corrected chi connectivity index (χ3v) is 7.13. The standard InChI is InChI=1S/C24H24ClFN2O4S/c1-17(18-7-11-21(32-2)12-8-18)27-24(29)16-28(15-19-5-3-4-6-23(19)26)33(30,31)22-13-9-20(25)10-14-22/h3-14,17H,15-16H2,1-2H3,(H,27,29)/t17-/m0/s1. The molecule has 0 radical (unpaired) electrons. The number of hydrogen-bond acceptors (Lipinski definition) is 4. The summed E-state index contributed by atoms with van der Waals surface area (Å²) in [5.41, 5.74) is 0.983. The SMILES string of the molecule is COc1ccc([C@H](C)NC(=O)CN(Cc2ccccc2F)S(=O)(=O)c2ccc(Cl)cc2)cc1. The van der Waals surface area contributed by atoms with Gasteiger partial charge in [-0.1, -0.05) is 41.9 Å². The second kappa shape index (κ2) is 10.8. The Hall–Kier alpha value is -2.94. The van der Waals surface area contributed by atoms with Crippen LogP contribution in [0.15, 0.2) is 77.7 Å². The van der Waals surface area contributed by atoms with Crippen molar-refractivity contribution in [2.24, 2.45) is 0 Å². The Morgan fingerprint density at radius 1 is 1.06 bits per heavy atom. The van der Waals surface area contributed by atoms with Gasteiger partial charge in [-0.2, -0.15) is 4.31 Å². The van der Waals surface area contributed by atoms with Crippen LogP contribution in [0.1, 0.15) is 24.1 Å². The smallest absolute Gasteiger partial charge is 0.243 e. The molecule has 3 aromatic carbocycles. The van der Waals surface area contributed by atoms with Crippen molar-refractivity contribution in [1.29, 1.82) is 0 Å². The molecule has 0 aliphatic rings. The predicted octanol–water partition coefficient (Wildman–Crippen LogP) is 4.56. The maximum Gasteiger partial charge on any atom is 0.243 e. The van der Waals surface area contributed by atoms with Gasteiger partial charge in [0.05, 0.1) is 24.6 Å². The summed E-state index contributed by atoms with van der Waals surface area (Å²) in [6.07, 6.45) is 0. The average molecular weight is 491 g/mol. The third-order valence-electron chi connectivity index (χ3n) is 5.07. The van der Waals surface area contributed by atoms with Gasteiger partial charge >= 0.3 is 0 Å². The van der Waals surface area contributed by atoms with Crippen molar-refractivity contribution in [3.63, 3.8) is 0 Å². The van der Waals surface area contributed by atoms with Crippen molar-refractivity contribution >= 4 is 27.5 Å². The van der Waals surface area contributed by atoms with Crippen molar-refractivity contribution in [1.82, 2.24) is 9.62 Å². The van der Waals surface area contributed by atoms with E-state index in [1.165, 1.54) is 42.5 Å². The molecule has 0 unspecified atom stereocenters. The van der Waals surface area contributed by atoms with Gasteiger partial charge in [-0.25, -0.2) is 12.8 Å². The fraction of sp³-hybridized carbons (Fsp3) is 0.208. The highest BCUT2D eigenvalue weighted by molar-refractivity contribution is 7.89. The minimum Gasteiger partial charge on any atom is -0.497 e. The zero-order chi connectivity index (χ0) is 24.0. The zero-order valence-corrected chi connectivity index (χ0v) is 19.7. The van der Waals surface area contributed by atoms with E-state index in [4.69, 9.17) is 16.3 Å². The Morgan fingerprint density at radius 2 is 1.70 bits per heavy atom. The number of halogens is 2. The molecule has 33 heavy (non-hydrogen) atoms. The molecule has 0 saturated carbocycles. The molecule has 0 bridgehead atoms. The maximum absolute atomic E-state index is 14.3. The van der Waals surface area contributed by atoms with E-state index in [2.05, 4.69) is 5.32 Å². The normalized spacial score (nSPS) is 12.4. The number of carbonyl (C=O) groups excluding carboxylic acids is 1. The van der Waals surface area contributed by atoms with E-state index in [0.717, 1.165) is 9.87 Å². The molecule has 9 heteroatoms. The lowest BCUT2D eigenvalue weighted by Crippen LogP contribution is -2.41. The molecule has 1 amide bonds. The highest BCUT2D eigenvalue weighted by Crippen LogP contribution is 2.22. The summed E-state index contributed by atoms with van der Waals surface area (Å²) in [4.78, 5) is 12.8. The van der Waals surface area contributed by atoms with Crippen molar-refractivity contribution in [2.75, 3.05) is 13.7 Å². The van der Waals surface area contributed by atoms with Gasteiger partial charge in [-0.05, 0) is 55.0 Å². The number of amides is 1. The lowest BCUT2D eigenvalue weighted by molar-refractivity contribution is -0.122. The lowest BCUT2D eigenvalue weighted by atomic mass is 10.1. The largest absolute Gasteiger partial charge is 0.497 e. The average Bonchev–Trinajstić information content (AvgIpc) is 2.80. The molecule has 6 nitrogen and oxygen atoms in total. The van der Waals surface area contributed by atoms with E-state index >= 15 is 0 Å². The van der Waals surface area contributed by atoms with Crippen LogP contribution in [0.3, 0.4) is 0 Å². The summed E-state index contributed by atoms with van der Waals surface area (Å²) >= 11 is 5.88. The summed E-state index contributed by atoms with van der Waals surface area (Å²) in [5, 5.41) is 3.17. The molecule has 174 valence electrons. The molecule has 0 fully saturated rings. The van der Waals surface area contributed by atoms with E-state index in [-0.39, 0.29) is 23.0 Å². The molecule has 3 aromatic rings. The topological polar surface area (TPSA) is 75.7 Å². The Kier molecular flexibility index (Phi) is 8.07. The number of benzene rings is 3. The first kappa shape index (κ1) is 24.7. The molecule has 3 rings (SSSR count). The van der Waals surface area contributed by atoms with Crippen LogP contribution in [-0.4, -0.2) is 32.3 Å². The summed E-state index contributed by atoms with van der Waals surface area (Å²) < 4.78 is 46.9. The molecule has 0 aliphatic heterocycles. The van der Waals surface area contributed by atoms with Crippen LogP contribution in [0.2, 0.25) is 5.02 Å². The Bertz CT molecular complexity index is 1200. The predicted molar refractivity (Wildman–Crippen MR) is 125 cm³/mol. The number of sulfonamides is 1. The van der Waals surface area contributed by atoms with Crippen LogP contribution in [0, 0.1) is 5.82 Å². The first-order chi connectivity index (χ1) is 15.7. The molecule has 0 heterocycles. The third kappa shape index (κ3) is 6.31. The summed E-state index contributed by atoms with van der Waals surface area (Å²) in [6.45, 7) is 0.996. The lowest BCUT2D eigenvalue weighted by Gasteiger charge is -2.23. The molecular weight excluding hydrogens is 467 g/mol. The van der Waals surface area contributed by atoms with Gasteiger partial charge in [0.25, 0.3) is 0 Å². The highest BCUT2D eigenvalue weighted by atomic mass is 35.5. The monoisotopic (exact) mass is 490 g/mol. The molecular formula is C24H24ClFN2O4S. The van der Waals surface area contributed by atoms with E-state index in [9.17, 15) is 17.6 Å². The van der Waals surface area contributed by atoms with Gasteiger partial charge in [0.1, 0.15) is 11.6 Å². The Morgan fingerprint density at radius 3 is 2.30 bits per heavy atom. The van der Waals surface area contributed by atoms with Crippen LogP contribution in [0.4, 0.5) is 4.39 Å². The second-order valence-corrected chi connectivity index (χ2v) is 9.76. The zero-order valence-electron chi connectivity index (χ0n) is 18.2. The van der Waals surface area contributed by atoms with E-state index in [1.54, 1.807) is 32.2 Å². The van der Waals surface area contributed by atoms with Gasteiger partial charge in [-0.3, -0.25) is 4.79 Å². The van der Waals surface area contributed by atoms with E-state index in [1.807, 2.05) is 12.1 Å². The van der Waals surface area contributed by atoms with Crippen LogP contribution >= 0.6 is 11.6 Å². The van der Waals surface area contributed by atoms with E-state index in [0.29, 0.717) is 10.8 Å². The Labute approximate surface area is 198 Å².